The topological polar surface area (TPSA) is 62.7 Å². The number of alkyl halides is 5. The van der Waals surface area contributed by atoms with Gasteiger partial charge in [-0.15, -0.1) is 0 Å². The third-order valence-corrected chi connectivity index (χ3v) is 6.28. The Kier molecular flexibility index (Phi) is 6.10. The molecule has 1 saturated carbocycles. The summed E-state index contributed by atoms with van der Waals surface area (Å²) in [5.41, 5.74) is 0.911. The first-order chi connectivity index (χ1) is 15.7. The van der Waals surface area contributed by atoms with Crippen LogP contribution in [0.1, 0.15) is 24.0 Å². The van der Waals surface area contributed by atoms with Gasteiger partial charge in [0.1, 0.15) is 5.92 Å². The molecular formula is C20H12Cl3F6N3O2. The summed E-state index contributed by atoms with van der Waals surface area (Å²) in [5, 5.41) is 2.36. The summed E-state index contributed by atoms with van der Waals surface area (Å²) in [7, 11) is 0. The average Bonchev–Trinajstić information content (AvgIpc) is 3.17. The van der Waals surface area contributed by atoms with Crippen LogP contribution in [-0.4, -0.2) is 23.7 Å². The van der Waals surface area contributed by atoms with E-state index >= 15 is 0 Å². The second-order valence-electron chi connectivity index (χ2n) is 7.71. The number of rotatable bonds is 5. The van der Waals surface area contributed by atoms with Gasteiger partial charge in [0.05, 0.1) is 26.5 Å². The van der Waals surface area contributed by atoms with Crippen LogP contribution in [0.2, 0.25) is 15.1 Å². The molecule has 182 valence electrons. The molecular weight excluding hydrogens is 535 g/mol. The third kappa shape index (κ3) is 4.36. The standard InChI is InChI=1S/C20H12Cl3F6N3O2/c21-11-2-1-8(3-14(11)30-31-17(33)10-6-19(10,25)26)15-7-18(34-32-15,20(27,28)29)9-4-12(22)16(24)13(23)5-9/h1-5,10,30H,6-7H2,(H,31,33). The lowest BCUT2D eigenvalue weighted by atomic mass is 9.86. The number of carbonyl (C=O) groups is 1. The zero-order valence-corrected chi connectivity index (χ0v) is 18.8. The van der Waals surface area contributed by atoms with Crippen molar-refractivity contribution >= 4 is 52.1 Å². The highest BCUT2D eigenvalue weighted by Gasteiger charge is 2.63. The summed E-state index contributed by atoms with van der Waals surface area (Å²) in [6.45, 7) is 0. The summed E-state index contributed by atoms with van der Waals surface area (Å²) in [6.07, 6.45) is -6.41. The van der Waals surface area contributed by atoms with Gasteiger partial charge in [-0.3, -0.25) is 15.6 Å². The van der Waals surface area contributed by atoms with Crippen LogP contribution in [0, 0.1) is 11.7 Å². The van der Waals surface area contributed by atoms with Gasteiger partial charge in [0.25, 0.3) is 11.5 Å². The highest BCUT2D eigenvalue weighted by Crippen LogP contribution is 2.50. The minimum Gasteiger partial charge on any atom is -0.374 e. The summed E-state index contributed by atoms with van der Waals surface area (Å²) in [5.74, 6) is -6.60. The quantitative estimate of drug-likeness (QED) is 0.257. The fourth-order valence-electron chi connectivity index (χ4n) is 3.36. The van der Waals surface area contributed by atoms with Crippen molar-refractivity contribution in [2.75, 3.05) is 5.43 Å². The Labute approximate surface area is 202 Å². The lowest BCUT2D eigenvalue weighted by Gasteiger charge is -2.29. The van der Waals surface area contributed by atoms with E-state index in [2.05, 4.69) is 16.0 Å². The van der Waals surface area contributed by atoms with Crippen molar-refractivity contribution in [2.45, 2.75) is 30.5 Å². The molecule has 2 aliphatic rings. The maximum Gasteiger partial charge on any atom is 0.435 e. The molecule has 14 heteroatoms. The number of hydrogen-bond donors (Lipinski definition) is 2. The number of benzene rings is 2. The van der Waals surface area contributed by atoms with E-state index in [1.165, 1.54) is 18.2 Å². The molecule has 0 spiro atoms. The smallest absolute Gasteiger partial charge is 0.374 e. The highest BCUT2D eigenvalue weighted by atomic mass is 35.5. The van der Waals surface area contributed by atoms with Gasteiger partial charge in [-0.25, -0.2) is 13.2 Å². The zero-order chi connectivity index (χ0) is 25.1. The van der Waals surface area contributed by atoms with Crippen molar-refractivity contribution in [3.63, 3.8) is 0 Å². The van der Waals surface area contributed by atoms with Gasteiger partial charge in [-0.2, -0.15) is 13.2 Å². The molecule has 0 saturated heterocycles. The summed E-state index contributed by atoms with van der Waals surface area (Å²) in [6, 6.07) is 5.43. The van der Waals surface area contributed by atoms with E-state index < -0.39 is 63.8 Å². The number of amides is 1. The molecule has 0 aromatic heterocycles. The molecule has 0 bridgehead atoms. The minimum atomic E-state index is -5.00. The van der Waals surface area contributed by atoms with Gasteiger partial charge in [-0.1, -0.05) is 46.0 Å². The van der Waals surface area contributed by atoms with Gasteiger partial charge >= 0.3 is 6.18 Å². The Balaban J connectivity index is 1.59. The van der Waals surface area contributed by atoms with Gasteiger partial charge in [-0.05, 0) is 24.3 Å². The first kappa shape index (κ1) is 24.7. The first-order valence-electron chi connectivity index (χ1n) is 9.45. The Bertz CT molecular complexity index is 1180. The van der Waals surface area contributed by atoms with E-state index in [0.29, 0.717) is 0 Å². The number of anilines is 1. The van der Waals surface area contributed by atoms with Crippen molar-refractivity contribution in [1.82, 2.24) is 5.43 Å². The van der Waals surface area contributed by atoms with E-state index in [1.807, 2.05) is 0 Å². The van der Waals surface area contributed by atoms with Crippen LogP contribution in [0.5, 0.6) is 0 Å². The van der Waals surface area contributed by atoms with Crippen molar-refractivity contribution in [1.29, 1.82) is 0 Å². The van der Waals surface area contributed by atoms with Gasteiger partial charge < -0.3 is 4.84 Å². The molecule has 1 aliphatic heterocycles. The van der Waals surface area contributed by atoms with Crippen LogP contribution in [-0.2, 0) is 15.2 Å². The molecule has 4 rings (SSSR count). The van der Waals surface area contributed by atoms with Crippen molar-refractivity contribution < 1.29 is 36.0 Å². The van der Waals surface area contributed by atoms with E-state index in [4.69, 9.17) is 39.6 Å². The molecule has 1 aliphatic carbocycles. The monoisotopic (exact) mass is 545 g/mol. The van der Waals surface area contributed by atoms with Gasteiger partial charge in [0, 0.05) is 24.0 Å². The van der Waals surface area contributed by atoms with Crippen molar-refractivity contribution in [2.24, 2.45) is 11.1 Å². The molecule has 5 nitrogen and oxygen atoms in total. The number of carbonyl (C=O) groups excluding carboxylic acids is 1. The molecule has 34 heavy (non-hydrogen) atoms. The van der Waals surface area contributed by atoms with Gasteiger partial charge in [0.2, 0.25) is 5.91 Å². The number of hydrogen-bond acceptors (Lipinski definition) is 4. The van der Waals surface area contributed by atoms with E-state index in [1.54, 1.807) is 0 Å². The third-order valence-electron chi connectivity index (χ3n) is 5.40. The number of halogens is 9. The second-order valence-corrected chi connectivity index (χ2v) is 8.93. The van der Waals surface area contributed by atoms with E-state index in [0.717, 1.165) is 12.1 Å². The number of nitrogens with zero attached hydrogens (tertiary/aromatic N) is 1. The second kappa shape index (κ2) is 8.39. The number of hydrazine groups is 1. The maximum absolute atomic E-state index is 14.1. The highest BCUT2D eigenvalue weighted by molar-refractivity contribution is 6.35. The normalized spacial score (nSPS) is 23.2. The predicted octanol–water partition coefficient (Wildman–Crippen LogP) is 6.47. The van der Waals surface area contributed by atoms with Crippen LogP contribution in [0.4, 0.5) is 32.0 Å². The molecule has 2 unspecified atom stereocenters. The van der Waals surface area contributed by atoms with Crippen LogP contribution < -0.4 is 10.9 Å². The van der Waals surface area contributed by atoms with Crippen LogP contribution in [0.3, 0.4) is 0 Å². The molecule has 2 aromatic rings. The number of oxime groups is 1. The molecule has 2 aromatic carbocycles. The molecule has 2 atom stereocenters. The van der Waals surface area contributed by atoms with E-state index in [9.17, 15) is 31.1 Å². The van der Waals surface area contributed by atoms with Crippen LogP contribution in [0.15, 0.2) is 35.5 Å². The molecule has 1 heterocycles. The Morgan fingerprint density at radius 1 is 1.09 bits per heavy atom. The fourth-order valence-corrected chi connectivity index (χ4v) is 4.01. The van der Waals surface area contributed by atoms with E-state index in [-0.39, 0.29) is 22.0 Å². The largest absolute Gasteiger partial charge is 0.435 e. The average molecular weight is 547 g/mol. The van der Waals surface area contributed by atoms with Gasteiger partial charge in [0.15, 0.2) is 5.82 Å². The van der Waals surface area contributed by atoms with Crippen LogP contribution in [0.25, 0.3) is 0 Å². The molecule has 2 N–H and O–H groups in total. The Morgan fingerprint density at radius 3 is 2.26 bits per heavy atom. The summed E-state index contributed by atoms with van der Waals surface area (Å²) >= 11 is 17.4. The Hall–Kier alpha value is -2.37. The summed E-state index contributed by atoms with van der Waals surface area (Å²) in [4.78, 5) is 16.6. The molecule has 1 fully saturated rings. The molecule has 0 radical (unpaired) electrons. The summed E-state index contributed by atoms with van der Waals surface area (Å²) < 4.78 is 82.2. The Morgan fingerprint density at radius 2 is 1.71 bits per heavy atom. The first-order valence-corrected chi connectivity index (χ1v) is 10.6. The van der Waals surface area contributed by atoms with Crippen LogP contribution >= 0.6 is 34.8 Å². The van der Waals surface area contributed by atoms with Crippen molar-refractivity contribution in [3.05, 3.63) is 62.3 Å². The lowest BCUT2D eigenvalue weighted by molar-refractivity contribution is -0.275. The lowest BCUT2D eigenvalue weighted by Crippen LogP contribution is -2.42. The minimum absolute atomic E-state index is 0.0246. The maximum atomic E-state index is 14.1. The molecule has 1 amide bonds. The predicted molar refractivity (Wildman–Crippen MR) is 113 cm³/mol. The van der Waals surface area contributed by atoms with Crippen molar-refractivity contribution in [3.8, 4) is 0 Å². The SMILES string of the molecule is O=C(NNc1cc(C2=NOC(c3cc(Cl)c(F)c(Cl)c3)(C(F)(F)F)C2)ccc1Cl)C1CC1(F)F. The number of nitrogens with one attached hydrogen (secondary N) is 2. The zero-order valence-electron chi connectivity index (χ0n) is 16.5. The fraction of sp³-hybridized carbons (Fsp3) is 0.300.